The number of ether oxygens (including phenoxy) is 1. The first-order valence-electron chi connectivity index (χ1n) is 9.17. The summed E-state index contributed by atoms with van der Waals surface area (Å²) in [6.45, 7) is 0. The van der Waals surface area contributed by atoms with Gasteiger partial charge in [-0.05, 0) is 44.4 Å². The van der Waals surface area contributed by atoms with E-state index in [1.165, 1.54) is 6.07 Å². The first kappa shape index (κ1) is 18.4. The van der Waals surface area contributed by atoms with Crippen LogP contribution in [0.2, 0.25) is 0 Å². The Morgan fingerprint density at radius 2 is 1.93 bits per heavy atom. The molecule has 4 aromatic rings. The SMILES string of the molecule is N#CC1=C(N)Oc2n[nH]c(-c3cccc4ccccc34)c2[C@H]1c1ccc(F)c(Br)c1. The Balaban J connectivity index is 1.79. The number of fused-ring (bicyclic) bond motifs is 2. The molecule has 0 spiro atoms. The molecule has 1 aliphatic heterocycles. The predicted molar refractivity (Wildman–Crippen MR) is 115 cm³/mol. The number of halogens is 2. The van der Waals surface area contributed by atoms with Crippen LogP contribution in [0.3, 0.4) is 0 Å². The Bertz CT molecular complexity index is 1380. The molecule has 0 amide bonds. The van der Waals surface area contributed by atoms with Gasteiger partial charge in [0.1, 0.15) is 17.5 Å². The highest BCUT2D eigenvalue weighted by molar-refractivity contribution is 9.10. The van der Waals surface area contributed by atoms with Crippen LogP contribution in [-0.2, 0) is 0 Å². The van der Waals surface area contributed by atoms with E-state index >= 15 is 0 Å². The molecule has 1 aliphatic rings. The molecule has 0 fully saturated rings. The fourth-order valence-corrected chi connectivity index (χ4v) is 4.32. The molecule has 0 saturated heterocycles. The van der Waals surface area contributed by atoms with Crippen molar-refractivity contribution in [2.45, 2.75) is 5.92 Å². The van der Waals surface area contributed by atoms with Gasteiger partial charge in [0.05, 0.1) is 21.6 Å². The van der Waals surface area contributed by atoms with Crippen LogP contribution >= 0.6 is 15.9 Å². The highest BCUT2D eigenvalue weighted by Gasteiger charge is 2.36. The standard InChI is InChI=1S/C23H14BrFN4O/c24-17-10-13(8-9-18(17)25)19-16(11-26)22(27)30-23-20(19)21(28-29-23)15-7-3-5-12-4-1-2-6-14(12)15/h1-10,19H,27H2,(H,28,29)/t19-/m0/s1. The van der Waals surface area contributed by atoms with E-state index in [-0.39, 0.29) is 17.3 Å². The number of H-pyrrole nitrogens is 1. The summed E-state index contributed by atoms with van der Waals surface area (Å²) in [4.78, 5) is 0. The number of nitrogens with one attached hydrogen (secondary N) is 1. The van der Waals surface area contributed by atoms with Crippen molar-refractivity contribution in [2.75, 3.05) is 0 Å². The average Bonchev–Trinajstić information content (AvgIpc) is 3.17. The van der Waals surface area contributed by atoms with Crippen molar-refractivity contribution in [2.24, 2.45) is 5.73 Å². The van der Waals surface area contributed by atoms with E-state index in [0.717, 1.165) is 22.0 Å². The van der Waals surface area contributed by atoms with Crippen LogP contribution in [0.15, 0.2) is 76.6 Å². The smallest absolute Gasteiger partial charge is 0.244 e. The van der Waals surface area contributed by atoms with Gasteiger partial charge in [0, 0.05) is 5.56 Å². The van der Waals surface area contributed by atoms with Gasteiger partial charge in [-0.15, -0.1) is 5.10 Å². The molecule has 0 saturated carbocycles. The highest BCUT2D eigenvalue weighted by atomic mass is 79.9. The monoisotopic (exact) mass is 460 g/mol. The zero-order valence-corrected chi connectivity index (χ0v) is 17.1. The number of aromatic amines is 1. The molecule has 0 unspecified atom stereocenters. The Morgan fingerprint density at radius 1 is 1.13 bits per heavy atom. The fourth-order valence-electron chi connectivity index (χ4n) is 3.92. The van der Waals surface area contributed by atoms with Gasteiger partial charge in [-0.3, -0.25) is 5.10 Å². The first-order chi connectivity index (χ1) is 14.6. The zero-order valence-electron chi connectivity index (χ0n) is 15.5. The number of nitrogens with two attached hydrogens (primary N) is 1. The molecule has 3 aromatic carbocycles. The molecule has 5 nitrogen and oxygen atoms in total. The van der Waals surface area contributed by atoms with Crippen LogP contribution in [-0.4, -0.2) is 10.2 Å². The molecular formula is C23H14BrFN4O. The van der Waals surface area contributed by atoms with Gasteiger partial charge in [-0.25, -0.2) is 4.39 Å². The summed E-state index contributed by atoms with van der Waals surface area (Å²) < 4.78 is 19.9. The Kier molecular flexibility index (Phi) is 4.30. The quantitative estimate of drug-likeness (QED) is 0.421. The van der Waals surface area contributed by atoms with Gasteiger partial charge in [0.2, 0.25) is 11.8 Å². The van der Waals surface area contributed by atoms with Crippen molar-refractivity contribution in [1.29, 1.82) is 5.26 Å². The lowest BCUT2D eigenvalue weighted by Gasteiger charge is -2.24. The maximum atomic E-state index is 13.9. The van der Waals surface area contributed by atoms with Crippen LogP contribution in [0.25, 0.3) is 22.0 Å². The number of nitriles is 1. The van der Waals surface area contributed by atoms with Crippen molar-refractivity contribution in [3.63, 3.8) is 0 Å². The van der Waals surface area contributed by atoms with Crippen LogP contribution in [0.4, 0.5) is 4.39 Å². The number of rotatable bonds is 2. The van der Waals surface area contributed by atoms with E-state index in [2.05, 4.69) is 32.2 Å². The van der Waals surface area contributed by atoms with Crippen molar-refractivity contribution in [1.82, 2.24) is 10.2 Å². The van der Waals surface area contributed by atoms with Gasteiger partial charge < -0.3 is 10.5 Å². The van der Waals surface area contributed by atoms with Gasteiger partial charge >= 0.3 is 0 Å². The van der Waals surface area contributed by atoms with Crippen molar-refractivity contribution in [3.8, 4) is 23.2 Å². The summed E-state index contributed by atoms with van der Waals surface area (Å²) in [6.07, 6.45) is 0. The molecule has 3 N–H and O–H groups in total. The zero-order chi connectivity index (χ0) is 20.8. The normalized spacial score (nSPS) is 15.6. The first-order valence-corrected chi connectivity index (χ1v) is 9.96. The van der Waals surface area contributed by atoms with Crippen LogP contribution in [0.1, 0.15) is 17.0 Å². The minimum atomic E-state index is -0.552. The second-order valence-corrected chi connectivity index (χ2v) is 7.80. The molecule has 7 heteroatoms. The van der Waals surface area contributed by atoms with E-state index in [0.29, 0.717) is 21.5 Å². The Labute approximate surface area is 179 Å². The summed E-state index contributed by atoms with van der Waals surface area (Å²) in [5, 5.41) is 19.3. The number of hydrogen-bond donors (Lipinski definition) is 2. The molecule has 2 heterocycles. The second kappa shape index (κ2) is 7.01. The molecule has 1 atom stereocenters. The summed E-state index contributed by atoms with van der Waals surface area (Å²) in [6, 6.07) is 20.8. The largest absolute Gasteiger partial charge is 0.420 e. The van der Waals surface area contributed by atoms with Crippen molar-refractivity contribution in [3.05, 3.63) is 93.5 Å². The van der Waals surface area contributed by atoms with Gasteiger partial charge in [-0.1, -0.05) is 48.5 Å². The molecule has 0 aliphatic carbocycles. The van der Waals surface area contributed by atoms with Crippen molar-refractivity contribution >= 4 is 26.7 Å². The lowest BCUT2D eigenvalue weighted by atomic mass is 9.82. The minimum absolute atomic E-state index is 0.00795. The Morgan fingerprint density at radius 3 is 2.73 bits per heavy atom. The summed E-state index contributed by atoms with van der Waals surface area (Å²) in [5.41, 5.74) is 9.34. The third kappa shape index (κ3) is 2.77. The van der Waals surface area contributed by atoms with Gasteiger partial charge in [0.25, 0.3) is 0 Å². The number of allylic oxidation sites excluding steroid dienone is 1. The van der Waals surface area contributed by atoms with E-state index in [4.69, 9.17) is 10.5 Å². The minimum Gasteiger partial charge on any atom is -0.420 e. The van der Waals surface area contributed by atoms with E-state index < -0.39 is 5.92 Å². The van der Waals surface area contributed by atoms with Gasteiger partial charge in [0.15, 0.2) is 0 Å². The molecule has 30 heavy (non-hydrogen) atoms. The average molecular weight is 461 g/mol. The highest BCUT2D eigenvalue weighted by Crippen LogP contribution is 2.47. The van der Waals surface area contributed by atoms with E-state index in [1.807, 2.05) is 42.5 Å². The molecule has 0 radical (unpaired) electrons. The molecular weight excluding hydrogens is 447 g/mol. The van der Waals surface area contributed by atoms with Crippen LogP contribution < -0.4 is 10.5 Å². The third-order valence-corrected chi connectivity index (χ3v) is 5.88. The van der Waals surface area contributed by atoms with Crippen molar-refractivity contribution < 1.29 is 9.13 Å². The number of nitrogens with zero attached hydrogens (tertiary/aromatic N) is 2. The molecule has 1 aromatic heterocycles. The lowest BCUT2D eigenvalue weighted by molar-refractivity contribution is 0.379. The lowest BCUT2D eigenvalue weighted by Crippen LogP contribution is -2.21. The maximum absolute atomic E-state index is 13.9. The second-order valence-electron chi connectivity index (χ2n) is 6.94. The fraction of sp³-hybridized carbons (Fsp3) is 0.0435. The number of benzene rings is 3. The molecule has 146 valence electrons. The maximum Gasteiger partial charge on any atom is 0.244 e. The summed E-state index contributed by atoms with van der Waals surface area (Å²) in [5.74, 6) is -0.641. The summed E-state index contributed by atoms with van der Waals surface area (Å²) in [7, 11) is 0. The van der Waals surface area contributed by atoms with E-state index in [1.54, 1.807) is 12.1 Å². The number of aromatic nitrogens is 2. The molecule has 5 rings (SSSR count). The third-order valence-electron chi connectivity index (χ3n) is 5.27. The number of hydrogen-bond acceptors (Lipinski definition) is 4. The van der Waals surface area contributed by atoms with Gasteiger partial charge in [-0.2, -0.15) is 5.26 Å². The molecule has 0 bridgehead atoms. The summed E-state index contributed by atoms with van der Waals surface area (Å²) >= 11 is 3.24. The predicted octanol–water partition coefficient (Wildman–Crippen LogP) is 5.35. The van der Waals surface area contributed by atoms with Crippen LogP contribution in [0, 0.1) is 17.1 Å². The topological polar surface area (TPSA) is 87.7 Å². The van der Waals surface area contributed by atoms with E-state index in [9.17, 15) is 9.65 Å². The van der Waals surface area contributed by atoms with Crippen LogP contribution in [0.5, 0.6) is 5.88 Å². The Hall–Kier alpha value is -3.63.